The van der Waals surface area contributed by atoms with E-state index in [0.717, 1.165) is 13.0 Å². The van der Waals surface area contributed by atoms with Crippen molar-refractivity contribution in [2.75, 3.05) is 26.7 Å². The molecule has 0 aliphatic carbocycles. The van der Waals surface area contributed by atoms with Crippen LogP contribution in [0.15, 0.2) is 0 Å². The van der Waals surface area contributed by atoms with Crippen LogP contribution in [0.1, 0.15) is 13.3 Å². The Balaban J connectivity index is 3.09. The van der Waals surface area contributed by atoms with E-state index in [1.165, 1.54) is 0 Å². The first-order valence-electron chi connectivity index (χ1n) is 3.84. The predicted octanol–water partition coefficient (Wildman–Crippen LogP) is -0.434. The first-order valence-corrected chi connectivity index (χ1v) is 3.84. The van der Waals surface area contributed by atoms with Gasteiger partial charge < -0.3 is 15.7 Å². The van der Waals surface area contributed by atoms with Crippen LogP contribution < -0.4 is 10.6 Å². The molecule has 1 unspecified atom stereocenters. The molecule has 3 N–H and O–H groups in total. The molecule has 62 valence electrons. The summed E-state index contributed by atoms with van der Waals surface area (Å²) in [5, 5.41) is 14.7. The summed E-state index contributed by atoms with van der Waals surface area (Å²) >= 11 is 0. The molecule has 10 heavy (non-hydrogen) atoms. The van der Waals surface area contributed by atoms with Crippen LogP contribution in [0.25, 0.3) is 0 Å². The topological polar surface area (TPSA) is 44.3 Å². The zero-order valence-electron chi connectivity index (χ0n) is 6.85. The normalized spacial score (nSPS) is 13.5. The molecular weight excluding hydrogens is 128 g/mol. The Labute approximate surface area is 62.8 Å². The fourth-order valence-electron chi connectivity index (χ4n) is 0.806. The van der Waals surface area contributed by atoms with Gasteiger partial charge in [-0.15, -0.1) is 0 Å². The maximum Gasteiger partial charge on any atom is 0.0555 e. The fraction of sp³-hybridized carbons (Fsp3) is 1.00. The molecule has 0 fully saturated rings. The summed E-state index contributed by atoms with van der Waals surface area (Å²) in [5.74, 6) is 0. The molecule has 1 atom stereocenters. The van der Waals surface area contributed by atoms with Gasteiger partial charge in [-0.25, -0.2) is 0 Å². The highest BCUT2D eigenvalue weighted by atomic mass is 16.3. The minimum atomic E-state index is 0.222. The van der Waals surface area contributed by atoms with Gasteiger partial charge in [-0.1, -0.05) is 6.92 Å². The highest BCUT2D eigenvalue weighted by Crippen LogP contribution is 1.85. The lowest BCUT2D eigenvalue weighted by molar-refractivity contribution is 0.289. The zero-order chi connectivity index (χ0) is 7.82. The average Bonchev–Trinajstić information content (AvgIpc) is 1.99. The number of likely N-dealkylation sites (N-methyl/N-ethyl adjacent to an activating group) is 1. The van der Waals surface area contributed by atoms with E-state index in [9.17, 15) is 0 Å². The van der Waals surface area contributed by atoms with Gasteiger partial charge in [-0.05, 0) is 13.5 Å². The van der Waals surface area contributed by atoms with Crippen LogP contribution >= 0.6 is 0 Å². The van der Waals surface area contributed by atoms with E-state index in [0.29, 0.717) is 12.6 Å². The molecule has 0 radical (unpaired) electrons. The number of hydrogen-bond donors (Lipinski definition) is 3. The number of rotatable bonds is 6. The zero-order valence-corrected chi connectivity index (χ0v) is 6.85. The molecule has 0 aromatic rings. The van der Waals surface area contributed by atoms with Gasteiger partial charge in [0.2, 0.25) is 0 Å². The van der Waals surface area contributed by atoms with E-state index in [1.807, 2.05) is 7.05 Å². The molecule has 0 aliphatic heterocycles. The summed E-state index contributed by atoms with van der Waals surface area (Å²) in [6.45, 7) is 3.99. The van der Waals surface area contributed by atoms with Crippen LogP contribution in [0.5, 0.6) is 0 Å². The van der Waals surface area contributed by atoms with Crippen molar-refractivity contribution >= 4 is 0 Å². The van der Waals surface area contributed by atoms with Crippen molar-refractivity contribution in [1.82, 2.24) is 10.6 Å². The highest BCUT2D eigenvalue weighted by Gasteiger charge is 1.99. The molecule has 0 rings (SSSR count). The Morgan fingerprint density at radius 1 is 1.50 bits per heavy atom. The van der Waals surface area contributed by atoms with Crippen LogP contribution in [0.2, 0.25) is 0 Å². The lowest BCUT2D eigenvalue weighted by atomic mass is 10.2. The van der Waals surface area contributed by atoms with Crippen molar-refractivity contribution in [3.8, 4) is 0 Å². The van der Waals surface area contributed by atoms with Crippen molar-refractivity contribution in [1.29, 1.82) is 0 Å². The van der Waals surface area contributed by atoms with E-state index in [-0.39, 0.29) is 6.61 Å². The molecule has 0 saturated heterocycles. The molecule has 0 bridgehead atoms. The second kappa shape index (κ2) is 6.99. The van der Waals surface area contributed by atoms with E-state index in [2.05, 4.69) is 17.6 Å². The molecule has 3 heteroatoms. The Morgan fingerprint density at radius 2 is 2.20 bits per heavy atom. The van der Waals surface area contributed by atoms with Gasteiger partial charge >= 0.3 is 0 Å². The Bertz CT molecular complexity index is 64.6. The van der Waals surface area contributed by atoms with Crippen LogP contribution in [-0.2, 0) is 0 Å². The van der Waals surface area contributed by atoms with Crippen LogP contribution in [-0.4, -0.2) is 37.9 Å². The standard InChI is InChI=1S/C7H18N2O/c1-3-7(8-2)6-9-4-5-10/h7-10H,3-6H2,1-2H3. The molecule has 0 amide bonds. The van der Waals surface area contributed by atoms with Crippen molar-refractivity contribution in [2.45, 2.75) is 19.4 Å². The summed E-state index contributed by atoms with van der Waals surface area (Å²) < 4.78 is 0. The van der Waals surface area contributed by atoms with Gasteiger partial charge in [0.1, 0.15) is 0 Å². The Morgan fingerprint density at radius 3 is 2.60 bits per heavy atom. The van der Waals surface area contributed by atoms with Crippen molar-refractivity contribution in [3.63, 3.8) is 0 Å². The van der Waals surface area contributed by atoms with Gasteiger partial charge in [0, 0.05) is 19.1 Å². The van der Waals surface area contributed by atoms with Gasteiger partial charge in [-0.3, -0.25) is 0 Å². The SMILES string of the molecule is CCC(CNCCO)NC. The molecule has 0 spiro atoms. The summed E-state index contributed by atoms with van der Waals surface area (Å²) in [5.41, 5.74) is 0. The smallest absolute Gasteiger partial charge is 0.0555 e. The summed E-state index contributed by atoms with van der Waals surface area (Å²) in [6, 6.07) is 0.534. The van der Waals surface area contributed by atoms with Crippen molar-refractivity contribution in [3.05, 3.63) is 0 Å². The predicted molar refractivity (Wildman–Crippen MR) is 43.1 cm³/mol. The third-order valence-corrected chi connectivity index (χ3v) is 1.58. The lowest BCUT2D eigenvalue weighted by Crippen LogP contribution is -2.36. The summed E-state index contributed by atoms with van der Waals surface area (Å²) in [7, 11) is 1.95. The molecule has 0 aromatic heterocycles. The van der Waals surface area contributed by atoms with Gasteiger partial charge in [0.15, 0.2) is 0 Å². The molecule has 3 nitrogen and oxygen atoms in total. The highest BCUT2D eigenvalue weighted by molar-refractivity contribution is 4.64. The first kappa shape index (κ1) is 9.88. The van der Waals surface area contributed by atoms with Gasteiger partial charge in [0.05, 0.1) is 6.61 Å². The quantitative estimate of drug-likeness (QED) is 0.445. The second-order valence-corrected chi connectivity index (χ2v) is 2.32. The molecule has 0 aliphatic rings. The van der Waals surface area contributed by atoms with Crippen LogP contribution in [0.3, 0.4) is 0 Å². The minimum absolute atomic E-state index is 0.222. The minimum Gasteiger partial charge on any atom is -0.395 e. The van der Waals surface area contributed by atoms with Crippen molar-refractivity contribution in [2.24, 2.45) is 0 Å². The van der Waals surface area contributed by atoms with E-state index in [1.54, 1.807) is 0 Å². The largest absolute Gasteiger partial charge is 0.395 e. The number of nitrogens with one attached hydrogen (secondary N) is 2. The number of aliphatic hydroxyl groups excluding tert-OH is 1. The third kappa shape index (κ3) is 4.73. The van der Waals surface area contributed by atoms with E-state index >= 15 is 0 Å². The van der Waals surface area contributed by atoms with E-state index in [4.69, 9.17) is 5.11 Å². The van der Waals surface area contributed by atoms with Gasteiger partial charge in [-0.2, -0.15) is 0 Å². The monoisotopic (exact) mass is 146 g/mol. The maximum atomic E-state index is 8.44. The van der Waals surface area contributed by atoms with Crippen LogP contribution in [0, 0.1) is 0 Å². The molecule has 0 aromatic carbocycles. The lowest BCUT2D eigenvalue weighted by Gasteiger charge is -2.13. The second-order valence-electron chi connectivity index (χ2n) is 2.32. The average molecular weight is 146 g/mol. The van der Waals surface area contributed by atoms with Crippen molar-refractivity contribution < 1.29 is 5.11 Å². The summed E-state index contributed by atoms with van der Waals surface area (Å²) in [6.07, 6.45) is 1.12. The maximum absolute atomic E-state index is 8.44. The molecule has 0 heterocycles. The number of aliphatic hydroxyl groups is 1. The molecule has 0 saturated carbocycles. The Hall–Kier alpha value is -0.120. The third-order valence-electron chi connectivity index (χ3n) is 1.58. The Kier molecular flexibility index (Phi) is 6.91. The summed E-state index contributed by atoms with van der Waals surface area (Å²) in [4.78, 5) is 0. The number of hydrogen-bond acceptors (Lipinski definition) is 3. The van der Waals surface area contributed by atoms with E-state index < -0.39 is 0 Å². The first-order chi connectivity index (χ1) is 4.85. The van der Waals surface area contributed by atoms with Gasteiger partial charge in [0.25, 0.3) is 0 Å². The molecular formula is C7H18N2O. The van der Waals surface area contributed by atoms with Crippen LogP contribution in [0.4, 0.5) is 0 Å². The fourth-order valence-corrected chi connectivity index (χ4v) is 0.806.